The van der Waals surface area contributed by atoms with Crippen LogP contribution in [0.15, 0.2) is 155 Å². The number of benzene rings is 2. The zero-order chi connectivity index (χ0) is 33.8. The van der Waals surface area contributed by atoms with Crippen LogP contribution in [0.4, 0.5) is 0 Å². The summed E-state index contributed by atoms with van der Waals surface area (Å²) in [7, 11) is 0. The van der Waals surface area contributed by atoms with Crippen molar-refractivity contribution in [2.75, 3.05) is 5.75 Å². The molecule has 0 aliphatic carbocycles. The first-order chi connectivity index (χ1) is 22.8. The third kappa shape index (κ3) is 8.95. The van der Waals surface area contributed by atoms with Crippen LogP contribution in [0.2, 0.25) is 0 Å². The van der Waals surface area contributed by atoms with Crippen molar-refractivity contribution in [3.8, 4) is 0 Å². The Labute approximate surface area is 292 Å². The summed E-state index contributed by atoms with van der Waals surface area (Å²) in [5, 5.41) is 1.31. The Kier molecular flexibility index (Phi) is 13.7. The van der Waals surface area contributed by atoms with Crippen LogP contribution in [0.5, 0.6) is 0 Å². The lowest BCUT2D eigenvalue weighted by atomic mass is 9.85. The number of thiophene rings is 1. The zero-order valence-corrected chi connectivity index (χ0v) is 31.0. The van der Waals surface area contributed by atoms with Crippen molar-refractivity contribution >= 4 is 44.3 Å². The molecule has 0 atom stereocenters. The molecule has 0 unspecified atom stereocenters. The van der Waals surface area contributed by atoms with Crippen molar-refractivity contribution in [2.45, 2.75) is 67.7 Å². The Hall–Kier alpha value is -3.85. The predicted octanol–water partition coefficient (Wildman–Crippen LogP) is 14.3. The van der Waals surface area contributed by atoms with Crippen LogP contribution in [0.25, 0.3) is 21.2 Å². The van der Waals surface area contributed by atoms with Crippen molar-refractivity contribution in [3.63, 3.8) is 0 Å². The van der Waals surface area contributed by atoms with Crippen LogP contribution in [0.3, 0.4) is 0 Å². The second kappa shape index (κ2) is 17.9. The highest BCUT2D eigenvalue weighted by molar-refractivity contribution is 8.03. The minimum atomic E-state index is 0.885. The summed E-state index contributed by atoms with van der Waals surface area (Å²) in [6, 6.07) is 17.8. The molecule has 1 aromatic heterocycles. The number of allylic oxidation sites excluding steroid dienone is 17. The van der Waals surface area contributed by atoms with Gasteiger partial charge in [-0.25, -0.2) is 0 Å². The quantitative estimate of drug-likeness (QED) is 0.185. The first kappa shape index (κ1) is 36.0. The summed E-state index contributed by atoms with van der Waals surface area (Å²) < 4.78 is 1.31. The molecule has 0 radical (unpaired) electrons. The van der Waals surface area contributed by atoms with Crippen LogP contribution in [0.1, 0.15) is 82.4 Å². The SMILES string of the molecule is C=C/C=C\C1=C(/CC)SC\C=C/C(C(/C)=C(/c2ccccc2C)c2c(C(/C=C\C)=C/CC(/C=C\C)=C(C)C)sc3ccccc23)=C\C1. The van der Waals surface area contributed by atoms with Gasteiger partial charge in [0, 0.05) is 26.3 Å². The van der Waals surface area contributed by atoms with E-state index in [0.29, 0.717) is 0 Å². The summed E-state index contributed by atoms with van der Waals surface area (Å²) in [6.07, 6.45) is 27.4. The van der Waals surface area contributed by atoms with E-state index < -0.39 is 0 Å². The van der Waals surface area contributed by atoms with Gasteiger partial charge in [0.2, 0.25) is 0 Å². The Balaban J connectivity index is 2.07. The summed E-state index contributed by atoms with van der Waals surface area (Å²) in [6.45, 7) is 19.4. The lowest BCUT2D eigenvalue weighted by Crippen LogP contribution is -1.99. The van der Waals surface area contributed by atoms with Crippen LogP contribution < -0.4 is 0 Å². The number of fused-ring (bicyclic) bond motifs is 1. The molecule has 0 saturated carbocycles. The Morgan fingerprint density at radius 3 is 2.40 bits per heavy atom. The molecular weight excluding hydrogens is 605 g/mol. The minimum Gasteiger partial charge on any atom is -0.135 e. The monoisotopic (exact) mass is 654 g/mol. The van der Waals surface area contributed by atoms with Gasteiger partial charge in [-0.05, 0) is 116 Å². The van der Waals surface area contributed by atoms with Gasteiger partial charge < -0.3 is 0 Å². The summed E-state index contributed by atoms with van der Waals surface area (Å²) in [5.41, 5.74) is 13.2. The first-order valence-electron chi connectivity index (χ1n) is 16.8. The Morgan fingerprint density at radius 2 is 1.70 bits per heavy atom. The normalized spacial score (nSPS) is 18.6. The molecule has 242 valence electrons. The highest BCUT2D eigenvalue weighted by atomic mass is 32.2. The van der Waals surface area contributed by atoms with E-state index in [1.807, 2.05) is 29.2 Å². The summed E-state index contributed by atoms with van der Waals surface area (Å²) in [4.78, 5) is 2.77. The van der Waals surface area contributed by atoms with Gasteiger partial charge in [0.15, 0.2) is 0 Å². The molecule has 2 heterocycles. The van der Waals surface area contributed by atoms with Gasteiger partial charge in [0.05, 0.1) is 0 Å². The van der Waals surface area contributed by atoms with E-state index in [4.69, 9.17) is 0 Å². The fraction of sp³-hybridized carbons (Fsp3) is 0.244. The predicted molar refractivity (Wildman–Crippen MR) is 216 cm³/mol. The molecule has 0 N–H and O–H groups in total. The fourth-order valence-corrected chi connectivity index (χ4v) is 8.23. The maximum absolute atomic E-state index is 3.93. The van der Waals surface area contributed by atoms with E-state index in [1.165, 1.54) is 75.6 Å². The molecule has 0 bridgehead atoms. The molecule has 1 aliphatic rings. The third-order valence-electron chi connectivity index (χ3n) is 8.53. The molecule has 0 saturated heterocycles. The lowest BCUT2D eigenvalue weighted by Gasteiger charge is -2.19. The molecule has 2 heteroatoms. The number of rotatable bonds is 11. The number of hydrogen-bond donors (Lipinski definition) is 0. The third-order valence-corrected chi connectivity index (χ3v) is 11.0. The van der Waals surface area contributed by atoms with E-state index in [-0.39, 0.29) is 0 Å². The van der Waals surface area contributed by atoms with E-state index in [2.05, 4.69) is 164 Å². The van der Waals surface area contributed by atoms with Crippen molar-refractivity contribution in [1.29, 1.82) is 0 Å². The largest absolute Gasteiger partial charge is 0.135 e. The maximum Gasteiger partial charge on any atom is 0.0430 e. The molecule has 0 nitrogen and oxygen atoms in total. The van der Waals surface area contributed by atoms with Gasteiger partial charge in [0.25, 0.3) is 0 Å². The average Bonchev–Trinajstić information content (AvgIpc) is 3.48. The van der Waals surface area contributed by atoms with Crippen LogP contribution in [-0.4, -0.2) is 5.75 Å². The summed E-state index contributed by atoms with van der Waals surface area (Å²) in [5.74, 6) is 0.957. The van der Waals surface area contributed by atoms with Crippen molar-refractivity contribution in [3.05, 3.63) is 176 Å². The van der Waals surface area contributed by atoms with Gasteiger partial charge in [-0.3, -0.25) is 0 Å². The molecular formula is C45H50S2. The Morgan fingerprint density at radius 1 is 0.957 bits per heavy atom. The van der Waals surface area contributed by atoms with Crippen molar-refractivity contribution in [1.82, 2.24) is 0 Å². The molecule has 2 aromatic carbocycles. The fourth-order valence-electron chi connectivity index (χ4n) is 6.07. The smallest absolute Gasteiger partial charge is 0.0430 e. The van der Waals surface area contributed by atoms with Gasteiger partial charge >= 0.3 is 0 Å². The first-order valence-corrected chi connectivity index (χ1v) is 18.6. The van der Waals surface area contributed by atoms with Crippen LogP contribution in [0, 0.1) is 6.92 Å². The zero-order valence-electron chi connectivity index (χ0n) is 29.3. The molecule has 0 amide bonds. The summed E-state index contributed by atoms with van der Waals surface area (Å²) >= 11 is 3.86. The topological polar surface area (TPSA) is 0 Å². The van der Waals surface area contributed by atoms with Crippen molar-refractivity contribution in [2.24, 2.45) is 0 Å². The van der Waals surface area contributed by atoms with Crippen LogP contribution >= 0.6 is 23.1 Å². The van der Waals surface area contributed by atoms with Gasteiger partial charge in [0.1, 0.15) is 0 Å². The van der Waals surface area contributed by atoms with Gasteiger partial charge in [-0.15, -0.1) is 23.1 Å². The van der Waals surface area contributed by atoms with E-state index in [0.717, 1.165) is 25.0 Å². The standard InChI is InChI=1S/C45H50S2/c1-9-13-22-37-29-28-36(23-18-31-46-41(37)12-4)34(8)43(39-24-15-14-21-33(39)7)44-40-25-16-17-26-42(40)47-45(44)38(20-11-3)30-27-35(19-10-2)32(5)6/h9-11,13-26,28,30H,1,12,27,29,31H2,2-8H3/b19-10-,20-11-,22-13-,23-18-,36-28+,38-30+,41-37-,43-34-. The molecule has 0 spiro atoms. The molecule has 3 aromatic rings. The molecule has 47 heavy (non-hydrogen) atoms. The second-order valence-corrected chi connectivity index (χ2v) is 14.1. The maximum atomic E-state index is 3.93. The van der Waals surface area contributed by atoms with E-state index in [9.17, 15) is 0 Å². The van der Waals surface area contributed by atoms with Crippen molar-refractivity contribution < 1.29 is 0 Å². The van der Waals surface area contributed by atoms with Crippen LogP contribution in [-0.2, 0) is 0 Å². The highest BCUT2D eigenvalue weighted by Gasteiger charge is 2.23. The lowest BCUT2D eigenvalue weighted by molar-refractivity contribution is 1.13. The highest BCUT2D eigenvalue weighted by Crippen LogP contribution is 2.45. The molecule has 1 aliphatic heterocycles. The van der Waals surface area contributed by atoms with Gasteiger partial charge in [-0.2, -0.15) is 0 Å². The number of aryl methyl sites for hydroxylation is 1. The minimum absolute atomic E-state index is 0.885. The molecule has 4 rings (SSSR count). The van der Waals surface area contributed by atoms with Gasteiger partial charge in [-0.1, -0.05) is 128 Å². The Bertz CT molecular complexity index is 1860. The average molecular weight is 655 g/mol. The molecule has 0 fully saturated rings. The van der Waals surface area contributed by atoms with E-state index in [1.54, 1.807) is 0 Å². The number of thioether (sulfide) groups is 1. The second-order valence-electron chi connectivity index (χ2n) is 12.0. The van der Waals surface area contributed by atoms with E-state index >= 15 is 0 Å². The number of hydrogen-bond acceptors (Lipinski definition) is 2.